The third-order valence-corrected chi connectivity index (χ3v) is 6.80. The molecule has 40 heavy (non-hydrogen) atoms. The number of carbonyl (C=O) groups excluding carboxylic acids is 1. The van der Waals surface area contributed by atoms with Gasteiger partial charge in [-0.3, -0.25) is 9.36 Å². The first-order valence-electron chi connectivity index (χ1n) is 10.9. The molecule has 1 aliphatic rings. The van der Waals surface area contributed by atoms with Gasteiger partial charge in [-0.1, -0.05) is 19.1 Å². The summed E-state index contributed by atoms with van der Waals surface area (Å²) in [5.74, 6) is -5.81. The van der Waals surface area contributed by atoms with E-state index in [-0.39, 0.29) is 23.0 Å². The molecule has 0 radical (unpaired) electrons. The first-order valence-corrected chi connectivity index (χ1v) is 12.4. The van der Waals surface area contributed by atoms with E-state index in [1.807, 2.05) is 19.0 Å². The zero-order valence-corrected chi connectivity index (χ0v) is 21.9. The van der Waals surface area contributed by atoms with Crippen molar-refractivity contribution in [3.05, 3.63) is 42.0 Å². The second kappa shape index (κ2) is 13.6. The molecule has 1 amide bonds. The van der Waals surface area contributed by atoms with Gasteiger partial charge in [0.1, 0.15) is 11.2 Å². The molecule has 0 atom stereocenters. The largest absolute Gasteiger partial charge is 0.490 e. The minimum absolute atomic E-state index is 0.101. The molecule has 12 nitrogen and oxygen atoms in total. The van der Waals surface area contributed by atoms with Crippen molar-refractivity contribution in [1.82, 2.24) is 24.1 Å². The molecule has 1 aromatic heterocycles. The number of alkyl halides is 6. The Hall–Kier alpha value is -3.71. The Morgan fingerprint density at radius 1 is 1.02 bits per heavy atom. The van der Waals surface area contributed by atoms with Crippen LogP contribution in [0.25, 0.3) is 5.69 Å². The lowest BCUT2D eigenvalue weighted by atomic mass is 10.2. The molecular weight excluding hydrogens is 580 g/mol. The molecule has 19 heteroatoms. The summed E-state index contributed by atoms with van der Waals surface area (Å²) in [7, 11) is 0.221. The average Bonchev–Trinajstić information content (AvgIpc) is 3.21. The van der Waals surface area contributed by atoms with E-state index in [4.69, 9.17) is 19.8 Å². The maximum atomic E-state index is 12.9. The van der Waals surface area contributed by atoms with Gasteiger partial charge in [-0.2, -0.15) is 30.6 Å². The van der Waals surface area contributed by atoms with Crippen LogP contribution in [0, 0.1) is 0 Å². The van der Waals surface area contributed by atoms with Crippen molar-refractivity contribution in [3.63, 3.8) is 0 Å². The first-order chi connectivity index (χ1) is 18.2. The van der Waals surface area contributed by atoms with E-state index < -0.39 is 34.3 Å². The zero-order chi connectivity index (χ0) is 31.1. The van der Waals surface area contributed by atoms with Gasteiger partial charge < -0.3 is 20.4 Å². The Balaban J connectivity index is 0.000000473. The number of amides is 1. The minimum Gasteiger partial charge on any atom is -0.475 e. The third kappa shape index (κ3) is 9.19. The Labute approximate surface area is 223 Å². The molecule has 2 aromatic rings. The Bertz CT molecular complexity index is 1290. The van der Waals surface area contributed by atoms with Gasteiger partial charge in [-0.05, 0) is 26.2 Å². The van der Waals surface area contributed by atoms with Gasteiger partial charge in [0.25, 0.3) is 5.91 Å². The van der Waals surface area contributed by atoms with E-state index in [2.05, 4.69) is 10.3 Å². The van der Waals surface area contributed by atoms with Crippen LogP contribution in [-0.4, -0.2) is 101 Å². The molecule has 0 spiro atoms. The number of halogens is 6. The summed E-state index contributed by atoms with van der Waals surface area (Å²) in [4.78, 5) is 36.8. The number of sulfonamides is 1. The van der Waals surface area contributed by atoms with Gasteiger partial charge in [0.05, 0.1) is 17.9 Å². The SMILES string of the molecule is CCN1Cc2c(C(=O)NCCN(C)C)ncn2-c2ccccc2S1(=O)=O.O=C(O)C(F)(F)F.O=C(O)C(F)(F)F. The van der Waals surface area contributed by atoms with Gasteiger partial charge >= 0.3 is 24.3 Å². The van der Waals surface area contributed by atoms with E-state index in [1.54, 1.807) is 35.8 Å². The van der Waals surface area contributed by atoms with Crippen LogP contribution < -0.4 is 5.32 Å². The van der Waals surface area contributed by atoms with Crippen LogP contribution in [0.2, 0.25) is 0 Å². The van der Waals surface area contributed by atoms with E-state index in [9.17, 15) is 39.6 Å². The van der Waals surface area contributed by atoms with Gasteiger partial charge in [-0.25, -0.2) is 23.0 Å². The van der Waals surface area contributed by atoms with E-state index in [0.717, 1.165) is 0 Å². The lowest BCUT2D eigenvalue weighted by molar-refractivity contribution is -0.193. The quantitative estimate of drug-likeness (QED) is 0.433. The number of carboxylic acids is 2. The number of likely N-dealkylation sites (N-methyl/N-ethyl adjacent to an activating group) is 1. The molecule has 0 unspecified atom stereocenters. The summed E-state index contributed by atoms with van der Waals surface area (Å²) in [6.45, 7) is 3.39. The van der Waals surface area contributed by atoms with Crippen molar-refractivity contribution >= 4 is 27.9 Å². The maximum Gasteiger partial charge on any atom is 0.490 e. The number of nitrogens with one attached hydrogen (secondary N) is 1. The van der Waals surface area contributed by atoms with Gasteiger partial charge in [0.15, 0.2) is 5.69 Å². The van der Waals surface area contributed by atoms with E-state index in [1.165, 1.54) is 10.6 Å². The Morgan fingerprint density at radius 2 is 1.52 bits per heavy atom. The predicted molar refractivity (Wildman–Crippen MR) is 125 cm³/mol. The van der Waals surface area contributed by atoms with Crippen molar-refractivity contribution in [1.29, 1.82) is 0 Å². The highest BCUT2D eigenvalue weighted by molar-refractivity contribution is 7.89. The summed E-state index contributed by atoms with van der Waals surface area (Å²) in [5, 5.41) is 17.1. The number of imidazole rings is 1. The molecule has 0 fully saturated rings. The van der Waals surface area contributed by atoms with Crippen LogP contribution in [0.15, 0.2) is 35.5 Å². The maximum absolute atomic E-state index is 12.9. The van der Waals surface area contributed by atoms with Crippen molar-refractivity contribution in [2.75, 3.05) is 33.7 Å². The lowest BCUT2D eigenvalue weighted by Gasteiger charge is -2.18. The first kappa shape index (κ1) is 34.3. The fourth-order valence-corrected chi connectivity index (χ4v) is 4.54. The highest BCUT2D eigenvalue weighted by Gasteiger charge is 2.39. The summed E-state index contributed by atoms with van der Waals surface area (Å²) < 4.78 is 92.4. The fourth-order valence-electron chi connectivity index (χ4n) is 2.95. The van der Waals surface area contributed by atoms with Crippen LogP contribution in [-0.2, 0) is 26.2 Å². The second-order valence-electron chi connectivity index (χ2n) is 7.97. The number of benzene rings is 1. The van der Waals surface area contributed by atoms with Gasteiger partial charge in [0, 0.05) is 19.6 Å². The standard InChI is InChI=1S/C17H23N5O3S.2C2HF3O2/c1-4-21-11-14-16(17(23)18-9-10-20(2)3)19-12-22(14)13-7-5-6-8-15(13)26(21,24)25;2*3-2(4,5)1(6)7/h5-8,12H,4,9-11H2,1-3H3,(H,18,23);2*(H,6,7). The number of rotatable bonds is 5. The molecule has 0 saturated carbocycles. The summed E-state index contributed by atoms with van der Waals surface area (Å²) in [5.41, 5.74) is 1.34. The number of hydrogen-bond acceptors (Lipinski definition) is 7. The smallest absolute Gasteiger partial charge is 0.475 e. The second-order valence-corrected chi connectivity index (χ2v) is 9.88. The predicted octanol–water partition coefficient (Wildman–Crippen LogP) is 1.95. The van der Waals surface area contributed by atoms with Crippen LogP contribution in [0.1, 0.15) is 23.1 Å². The molecule has 2 heterocycles. The molecule has 3 N–H and O–H groups in total. The number of carbonyl (C=O) groups is 3. The zero-order valence-electron chi connectivity index (χ0n) is 21.1. The topological polar surface area (TPSA) is 162 Å². The van der Waals surface area contributed by atoms with Crippen molar-refractivity contribution < 1.29 is 59.4 Å². The molecule has 3 rings (SSSR count). The molecule has 1 aromatic carbocycles. The summed E-state index contributed by atoms with van der Waals surface area (Å²) in [6.07, 6.45) is -8.65. The average molecular weight is 606 g/mol. The number of fused-ring (bicyclic) bond motifs is 3. The molecular formula is C21H25F6N5O7S. The summed E-state index contributed by atoms with van der Waals surface area (Å²) in [6, 6.07) is 6.78. The van der Waals surface area contributed by atoms with Gasteiger partial charge in [0.2, 0.25) is 10.0 Å². The minimum atomic E-state index is -5.08. The van der Waals surface area contributed by atoms with Crippen molar-refractivity contribution in [3.8, 4) is 5.69 Å². The van der Waals surface area contributed by atoms with Crippen molar-refractivity contribution in [2.45, 2.75) is 30.7 Å². The highest BCUT2D eigenvalue weighted by atomic mass is 32.2. The molecule has 0 bridgehead atoms. The number of carboxylic acid groups (broad SMARTS) is 2. The van der Waals surface area contributed by atoms with E-state index >= 15 is 0 Å². The van der Waals surface area contributed by atoms with Crippen molar-refractivity contribution in [2.24, 2.45) is 0 Å². The number of nitrogens with zero attached hydrogens (tertiary/aromatic N) is 4. The monoisotopic (exact) mass is 605 g/mol. The molecule has 0 saturated heterocycles. The number of aliphatic carboxylic acids is 2. The normalized spacial score (nSPS) is 14.3. The Morgan fingerprint density at radius 3 is 1.98 bits per heavy atom. The molecule has 224 valence electrons. The third-order valence-electron chi connectivity index (χ3n) is 4.83. The summed E-state index contributed by atoms with van der Waals surface area (Å²) >= 11 is 0. The number of para-hydroxylation sites is 1. The lowest BCUT2D eigenvalue weighted by Crippen LogP contribution is -2.33. The van der Waals surface area contributed by atoms with Crippen LogP contribution in [0.5, 0.6) is 0 Å². The molecule has 0 aliphatic carbocycles. The van der Waals surface area contributed by atoms with Gasteiger partial charge in [-0.15, -0.1) is 0 Å². The Kier molecular flexibility index (Phi) is 11.6. The van der Waals surface area contributed by atoms with Crippen LogP contribution in [0.4, 0.5) is 26.3 Å². The molecule has 1 aliphatic heterocycles. The number of aromatic nitrogens is 2. The van der Waals surface area contributed by atoms with E-state index in [0.29, 0.717) is 31.0 Å². The van der Waals surface area contributed by atoms with Crippen LogP contribution in [0.3, 0.4) is 0 Å². The number of hydrogen-bond donors (Lipinski definition) is 3. The highest BCUT2D eigenvalue weighted by Crippen LogP contribution is 2.30. The fraction of sp³-hybridized carbons (Fsp3) is 0.429. The van der Waals surface area contributed by atoms with Crippen LogP contribution >= 0.6 is 0 Å².